The molecule has 1 aromatic carbocycles. The fourth-order valence-corrected chi connectivity index (χ4v) is 3.07. The molecule has 2 saturated carbocycles. The van der Waals surface area contributed by atoms with Crippen LogP contribution in [0.25, 0.3) is 10.9 Å². The summed E-state index contributed by atoms with van der Waals surface area (Å²) in [5.74, 6) is 1.17. The predicted molar refractivity (Wildman–Crippen MR) is 87.6 cm³/mol. The zero-order valence-corrected chi connectivity index (χ0v) is 12.7. The molecule has 0 atom stereocenters. The minimum atomic E-state index is 0.679. The highest BCUT2D eigenvalue weighted by atomic mass is 15.2. The van der Waals surface area contributed by atoms with Crippen molar-refractivity contribution in [2.75, 3.05) is 11.9 Å². The van der Waals surface area contributed by atoms with Crippen molar-refractivity contribution in [3.05, 3.63) is 35.9 Å². The maximum atomic E-state index is 4.96. The molecule has 1 aromatic heterocycles. The Bertz CT molecular complexity index is 644. The van der Waals surface area contributed by atoms with Crippen molar-refractivity contribution in [1.29, 1.82) is 0 Å². The van der Waals surface area contributed by atoms with Gasteiger partial charge in [0.15, 0.2) is 0 Å². The molecule has 2 aliphatic rings. The van der Waals surface area contributed by atoms with Crippen molar-refractivity contribution in [2.45, 2.75) is 50.7 Å². The average molecular weight is 281 g/mol. The van der Waals surface area contributed by atoms with Crippen LogP contribution in [0.3, 0.4) is 0 Å². The summed E-state index contributed by atoms with van der Waals surface area (Å²) in [7, 11) is 2.21. The van der Waals surface area contributed by atoms with Crippen LogP contribution in [0.2, 0.25) is 0 Å². The Morgan fingerprint density at radius 3 is 2.71 bits per heavy atom. The number of hydrogen-bond donors (Lipinski definition) is 1. The van der Waals surface area contributed by atoms with E-state index in [1.807, 2.05) is 0 Å². The monoisotopic (exact) mass is 281 g/mol. The van der Waals surface area contributed by atoms with Crippen molar-refractivity contribution in [1.82, 2.24) is 10.3 Å². The van der Waals surface area contributed by atoms with E-state index in [0.29, 0.717) is 6.04 Å². The van der Waals surface area contributed by atoms with Gasteiger partial charge in [-0.3, -0.25) is 0 Å². The molecule has 1 N–H and O–H groups in total. The first-order valence-corrected chi connectivity index (χ1v) is 8.16. The largest absolute Gasteiger partial charge is 0.356 e. The summed E-state index contributed by atoms with van der Waals surface area (Å²) >= 11 is 0. The Morgan fingerprint density at radius 1 is 1.19 bits per heavy atom. The number of fused-ring (bicyclic) bond motifs is 1. The summed E-state index contributed by atoms with van der Waals surface area (Å²) in [5.41, 5.74) is 2.45. The average Bonchev–Trinajstić information content (AvgIpc) is 3.26. The molecule has 1 heterocycles. The second-order valence-electron chi connectivity index (χ2n) is 6.51. The maximum absolute atomic E-state index is 4.96. The second kappa shape index (κ2) is 5.30. The van der Waals surface area contributed by atoms with Crippen molar-refractivity contribution in [3.8, 4) is 0 Å². The molecule has 2 aromatic rings. The Balaban J connectivity index is 1.70. The highest BCUT2D eigenvalue weighted by molar-refractivity contribution is 5.81. The molecule has 0 amide bonds. The molecule has 0 aliphatic heterocycles. The molecule has 0 radical (unpaired) electrons. The number of anilines is 1. The Morgan fingerprint density at radius 2 is 2.00 bits per heavy atom. The smallest absolute Gasteiger partial charge is 0.133 e. The van der Waals surface area contributed by atoms with Crippen LogP contribution in [0.15, 0.2) is 30.3 Å². The molecule has 2 fully saturated rings. The van der Waals surface area contributed by atoms with E-state index in [0.717, 1.165) is 18.1 Å². The number of nitrogens with one attached hydrogen (secondary N) is 1. The van der Waals surface area contributed by atoms with Gasteiger partial charge < -0.3 is 10.2 Å². The SMILES string of the molecule is CN(c1nc2ccccc2cc1CNC1CC1)C1CCC1. The topological polar surface area (TPSA) is 28.2 Å². The van der Waals surface area contributed by atoms with Crippen LogP contribution in [0.4, 0.5) is 5.82 Å². The molecule has 110 valence electrons. The quantitative estimate of drug-likeness (QED) is 0.909. The fourth-order valence-electron chi connectivity index (χ4n) is 3.07. The van der Waals surface area contributed by atoms with Crippen molar-refractivity contribution in [3.63, 3.8) is 0 Å². The van der Waals surface area contributed by atoms with Gasteiger partial charge in [-0.25, -0.2) is 4.98 Å². The Hall–Kier alpha value is -1.61. The molecule has 2 aliphatic carbocycles. The van der Waals surface area contributed by atoms with E-state index in [2.05, 4.69) is 47.6 Å². The molecular weight excluding hydrogens is 258 g/mol. The third-order valence-electron chi connectivity index (χ3n) is 4.90. The van der Waals surface area contributed by atoms with Crippen LogP contribution in [0.5, 0.6) is 0 Å². The summed E-state index contributed by atoms with van der Waals surface area (Å²) < 4.78 is 0. The standard InChI is InChI=1S/C18H23N3/c1-21(16-6-4-7-16)18-14(12-19-15-9-10-15)11-13-5-2-3-8-17(13)20-18/h2-3,5,8,11,15-16,19H,4,6-7,9-10,12H2,1H3. The van der Waals surface area contributed by atoms with E-state index in [1.165, 1.54) is 48.9 Å². The number of benzene rings is 1. The zero-order valence-electron chi connectivity index (χ0n) is 12.7. The Kier molecular flexibility index (Phi) is 3.30. The lowest BCUT2D eigenvalue weighted by molar-refractivity contribution is 0.398. The predicted octanol–water partition coefficient (Wildman–Crippen LogP) is 3.48. The second-order valence-corrected chi connectivity index (χ2v) is 6.51. The third kappa shape index (κ3) is 2.62. The summed E-state index contributed by atoms with van der Waals surface area (Å²) in [5, 5.41) is 4.89. The van der Waals surface area contributed by atoms with Crippen LogP contribution < -0.4 is 10.2 Å². The summed E-state index contributed by atoms with van der Waals surface area (Å²) in [6, 6.07) is 12.2. The third-order valence-corrected chi connectivity index (χ3v) is 4.90. The number of hydrogen-bond acceptors (Lipinski definition) is 3. The number of pyridine rings is 1. The van der Waals surface area contributed by atoms with Crippen LogP contribution in [0.1, 0.15) is 37.7 Å². The van der Waals surface area contributed by atoms with Gasteiger partial charge in [0.1, 0.15) is 5.82 Å². The van der Waals surface area contributed by atoms with E-state index in [9.17, 15) is 0 Å². The van der Waals surface area contributed by atoms with Crippen LogP contribution in [-0.2, 0) is 6.54 Å². The highest BCUT2D eigenvalue weighted by Crippen LogP contribution is 2.31. The van der Waals surface area contributed by atoms with E-state index in [4.69, 9.17) is 4.98 Å². The van der Waals surface area contributed by atoms with E-state index < -0.39 is 0 Å². The van der Waals surface area contributed by atoms with Gasteiger partial charge >= 0.3 is 0 Å². The van der Waals surface area contributed by atoms with Gasteiger partial charge in [-0.1, -0.05) is 18.2 Å². The van der Waals surface area contributed by atoms with Crippen molar-refractivity contribution >= 4 is 16.7 Å². The van der Waals surface area contributed by atoms with Crippen molar-refractivity contribution in [2.24, 2.45) is 0 Å². The van der Waals surface area contributed by atoms with E-state index in [-0.39, 0.29) is 0 Å². The number of rotatable bonds is 5. The zero-order chi connectivity index (χ0) is 14.2. The molecule has 3 nitrogen and oxygen atoms in total. The first-order chi connectivity index (χ1) is 10.3. The normalized spacial score (nSPS) is 18.7. The van der Waals surface area contributed by atoms with Gasteiger partial charge in [0.2, 0.25) is 0 Å². The lowest BCUT2D eigenvalue weighted by atomic mass is 9.91. The molecule has 0 bridgehead atoms. The van der Waals surface area contributed by atoms with Gasteiger partial charge in [-0.05, 0) is 44.2 Å². The van der Waals surface area contributed by atoms with Crippen LogP contribution >= 0.6 is 0 Å². The van der Waals surface area contributed by atoms with Gasteiger partial charge in [0.05, 0.1) is 5.52 Å². The number of aromatic nitrogens is 1. The Labute approximate surface area is 126 Å². The maximum Gasteiger partial charge on any atom is 0.133 e. The van der Waals surface area contributed by atoms with Crippen LogP contribution in [-0.4, -0.2) is 24.1 Å². The lowest BCUT2D eigenvalue weighted by Gasteiger charge is -2.36. The molecule has 0 unspecified atom stereocenters. The fraction of sp³-hybridized carbons (Fsp3) is 0.500. The molecule has 4 rings (SSSR count). The molecule has 0 spiro atoms. The number of nitrogens with zero attached hydrogens (tertiary/aromatic N) is 2. The first kappa shape index (κ1) is 13.1. The minimum Gasteiger partial charge on any atom is -0.356 e. The van der Waals surface area contributed by atoms with Gasteiger partial charge in [0, 0.05) is 36.6 Å². The molecular formula is C18H23N3. The van der Waals surface area contributed by atoms with Crippen molar-refractivity contribution < 1.29 is 0 Å². The molecule has 0 saturated heterocycles. The molecule has 3 heteroatoms. The number of para-hydroxylation sites is 1. The van der Waals surface area contributed by atoms with E-state index >= 15 is 0 Å². The first-order valence-electron chi connectivity index (χ1n) is 8.16. The summed E-state index contributed by atoms with van der Waals surface area (Å²) in [4.78, 5) is 7.36. The summed E-state index contributed by atoms with van der Waals surface area (Å²) in [6.07, 6.45) is 6.63. The lowest BCUT2D eigenvalue weighted by Crippen LogP contribution is -2.38. The highest BCUT2D eigenvalue weighted by Gasteiger charge is 2.26. The molecule has 21 heavy (non-hydrogen) atoms. The van der Waals surface area contributed by atoms with Gasteiger partial charge in [-0.2, -0.15) is 0 Å². The van der Waals surface area contributed by atoms with Gasteiger partial charge in [0.25, 0.3) is 0 Å². The van der Waals surface area contributed by atoms with Gasteiger partial charge in [-0.15, -0.1) is 0 Å². The summed E-state index contributed by atoms with van der Waals surface area (Å²) in [6.45, 7) is 0.939. The minimum absolute atomic E-state index is 0.679. The van der Waals surface area contributed by atoms with E-state index in [1.54, 1.807) is 0 Å². The van der Waals surface area contributed by atoms with Crippen LogP contribution in [0, 0.1) is 0 Å².